The zero-order chi connectivity index (χ0) is 22.9. The monoisotopic (exact) mass is 420 g/mol. The molecule has 0 radical (unpaired) electrons. The van der Waals surface area contributed by atoms with Gasteiger partial charge in [0.25, 0.3) is 0 Å². The van der Waals surface area contributed by atoms with Crippen LogP contribution >= 0.6 is 0 Å². The Morgan fingerprint density at radius 1 is 1.00 bits per heavy atom. The Kier molecular flexibility index (Phi) is 9.99. The number of nitrogens with two attached hydrogens (primary N) is 1. The second-order valence-electron chi connectivity index (χ2n) is 10.0. The number of amides is 2. The molecule has 0 aliphatic heterocycles. The Morgan fingerprint density at radius 2 is 1.53 bits per heavy atom. The Hall–Kier alpha value is -1.91. The van der Waals surface area contributed by atoms with Crippen molar-refractivity contribution in [1.29, 1.82) is 0 Å². The lowest BCUT2D eigenvalue weighted by Gasteiger charge is -2.38. The van der Waals surface area contributed by atoms with E-state index >= 15 is 0 Å². The highest BCUT2D eigenvalue weighted by Gasteiger charge is 2.34. The Bertz CT molecular complexity index is 678. The predicted octanol–water partition coefficient (Wildman–Crippen LogP) is 6.89. The van der Waals surface area contributed by atoms with E-state index in [1.165, 1.54) is 38.5 Å². The van der Waals surface area contributed by atoms with E-state index in [9.17, 15) is 9.90 Å². The molecule has 0 aliphatic carbocycles. The number of ether oxygens (including phenoxy) is 1. The number of carbonyl (C=O) groups excluding carboxylic acids is 1. The minimum Gasteiger partial charge on any atom is -0.508 e. The van der Waals surface area contributed by atoms with Gasteiger partial charge in [0.1, 0.15) is 11.5 Å². The van der Waals surface area contributed by atoms with Crippen molar-refractivity contribution in [2.75, 3.05) is 12.0 Å². The second-order valence-corrected chi connectivity index (χ2v) is 10.0. The molecule has 0 saturated heterocycles. The lowest BCUT2D eigenvalue weighted by molar-refractivity contribution is 0.245. The van der Waals surface area contributed by atoms with Crippen LogP contribution in [0, 0.1) is 0 Å². The highest BCUT2D eigenvalue weighted by Crippen LogP contribution is 2.42. The highest BCUT2D eigenvalue weighted by atomic mass is 16.5. The number of primary amides is 1. The number of urea groups is 1. The minimum absolute atomic E-state index is 0.146. The van der Waals surface area contributed by atoms with Gasteiger partial charge in [0.2, 0.25) is 0 Å². The van der Waals surface area contributed by atoms with Crippen LogP contribution in [0.25, 0.3) is 0 Å². The third-order valence-corrected chi connectivity index (χ3v) is 5.81. The molecular weight excluding hydrogens is 376 g/mol. The normalized spacial score (nSPS) is 12.1. The number of hydrogen-bond donors (Lipinski definition) is 2. The first-order chi connectivity index (χ1) is 14.0. The molecule has 1 rings (SSSR count). The molecule has 5 nitrogen and oxygen atoms in total. The van der Waals surface area contributed by atoms with E-state index in [1.807, 2.05) is 40.7 Å². The van der Waals surface area contributed by atoms with Gasteiger partial charge in [-0.1, -0.05) is 79.1 Å². The summed E-state index contributed by atoms with van der Waals surface area (Å²) in [5.41, 5.74) is 6.35. The Morgan fingerprint density at radius 3 is 2.00 bits per heavy atom. The quantitative estimate of drug-likeness (QED) is 0.361. The van der Waals surface area contributed by atoms with Gasteiger partial charge in [0.15, 0.2) is 0 Å². The first-order valence-electron chi connectivity index (χ1n) is 11.5. The van der Waals surface area contributed by atoms with Gasteiger partial charge in [-0.05, 0) is 31.7 Å². The summed E-state index contributed by atoms with van der Waals surface area (Å²) in [6, 6.07) is 2.88. The minimum atomic E-state index is -0.541. The van der Waals surface area contributed by atoms with Gasteiger partial charge in [-0.25, -0.2) is 4.79 Å². The molecule has 172 valence electrons. The smallest absolute Gasteiger partial charge is 0.319 e. The number of nitrogens with zero attached hydrogens (tertiary/aromatic N) is 1. The Balaban J connectivity index is 2.95. The molecule has 0 atom stereocenters. The van der Waals surface area contributed by atoms with E-state index in [2.05, 4.69) is 6.92 Å². The number of phenols is 1. The van der Waals surface area contributed by atoms with Crippen LogP contribution in [0.15, 0.2) is 12.1 Å². The van der Waals surface area contributed by atoms with Crippen LogP contribution in [0.3, 0.4) is 0 Å². The van der Waals surface area contributed by atoms with Crippen LogP contribution in [0.4, 0.5) is 10.5 Å². The van der Waals surface area contributed by atoms with Gasteiger partial charge in [-0.15, -0.1) is 0 Å². The van der Waals surface area contributed by atoms with Crippen LogP contribution in [0.1, 0.15) is 105 Å². The van der Waals surface area contributed by atoms with Crippen molar-refractivity contribution in [2.45, 2.75) is 110 Å². The summed E-state index contributed by atoms with van der Waals surface area (Å²) in [6.07, 6.45) is 10.7. The van der Waals surface area contributed by atoms with Crippen molar-refractivity contribution < 1.29 is 14.6 Å². The van der Waals surface area contributed by atoms with Gasteiger partial charge in [-0.2, -0.15) is 0 Å². The molecule has 3 N–H and O–H groups in total. The largest absolute Gasteiger partial charge is 0.508 e. The average Bonchev–Trinajstić information content (AvgIpc) is 2.62. The van der Waals surface area contributed by atoms with Crippen LogP contribution < -0.4 is 15.4 Å². The third kappa shape index (κ3) is 7.41. The molecule has 0 unspecified atom stereocenters. The van der Waals surface area contributed by atoms with Crippen molar-refractivity contribution in [3.63, 3.8) is 0 Å². The predicted molar refractivity (Wildman–Crippen MR) is 127 cm³/mol. The molecule has 0 aliphatic rings. The zero-order valence-electron chi connectivity index (χ0n) is 20.3. The lowest BCUT2D eigenvalue weighted by atomic mass is 9.85. The van der Waals surface area contributed by atoms with Gasteiger partial charge in [-0.3, -0.25) is 4.90 Å². The van der Waals surface area contributed by atoms with Gasteiger partial charge in [0.05, 0.1) is 12.8 Å². The molecular formula is C25H44N2O3. The number of carbonyl (C=O) groups is 1. The van der Waals surface area contributed by atoms with E-state index in [0.29, 0.717) is 11.4 Å². The fourth-order valence-electron chi connectivity index (χ4n) is 4.04. The number of anilines is 1. The third-order valence-electron chi connectivity index (χ3n) is 5.81. The summed E-state index contributed by atoms with van der Waals surface area (Å²) in [5, 5.41) is 10.6. The molecule has 2 amide bonds. The number of phenolic OH excluding ortho intramolecular Hbond substituents is 1. The van der Waals surface area contributed by atoms with Crippen LogP contribution in [-0.2, 0) is 5.41 Å². The maximum atomic E-state index is 12.5. The molecule has 0 fully saturated rings. The number of hydrogen-bond acceptors (Lipinski definition) is 3. The summed E-state index contributed by atoms with van der Waals surface area (Å²) < 4.78 is 5.59. The molecule has 0 aromatic heterocycles. The van der Waals surface area contributed by atoms with E-state index in [-0.39, 0.29) is 11.2 Å². The standard InChI is InChI=1S/C25H44N2O3/c1-8-9-10-11-12-13-14-15-16-25(5,6)27(23(26)29)20-18-21(28)19(24(2,3)4)17-22(20)30-7/h17-18,28H,8-16H2,1-7H3,(H2,26,29). The molecule has 5 heteroatoms. The van der Waals surface area contributed by atoms with Gasteiger partial charge < -0.3 is 15.6 Å². The number of aromatic hydroxyl groups is 1. The van der Waals surface area contributed by atoms with E-state index in [0.717, 1.165) is 24.8 Å². The Labute approximate surface area is 184 Å². The molecule has 0 spiro atoms. The van der Waals surface area contributed by atoms with Crippen LogP contribution in [-0.4, -0.2) is 23.8 Å². The maximum Gasteiger partial charge on any atom is 0.319 e. The highest BCUT2D eigenvalue weighted by molar-refractivity contribution is 5.94. The summed E-state index contributed by atoms with van der Waals surface area (Å²) in [4.78, 5) is 14.0. The van der Waals surface area contributed by atoms with Crippen molar-refractivity contribution >= 4 is 11.7 Å². The molecule has 0 saturated carbocycles. The molecule has 30 heavy (non-hydrogen) atoms. The molecule has 0 bridgehead atoms. The fourth-order valence-corrected chi connectivity index (χ4v) is 4.04. The summed E-state index contributed by atoms with van der Waals surface area (Å²) in [5.74, 6) is 0.688. The number of rotatable bonds is 12. The SMILES string of the molecule is CCCCCCCCCCC(C)(C)N(C(N)=O)c1cc(O)c(C(C)(C)C)cc1OC. The van der Waals surface area contributed by atoms with Crippen molar-refractivity contribution in [2.24, 2.45) is 5.73 Å². The van der Waals surface area contributed by atoms with E-state index < -0.39 is 11.6 Å². The number of methoxy groups -OCH3 is 1. The number of unbranched alkanes of at least 4 members (excludes halogenated alkanes) is 7. The van der Waals surface area contributed by atoms with Crippen molar-refractivity contribution in [3.05, 3.63) is 17.7 Å². The van der Waals surface area contributed by atoms with E-state index in [1.54, 1.807) is 18.1 Å². The zero-order valence-corrected chi connectivity index (χ0v) is 20.3. The van der Waals surface area contributed by atoms with E-state index in [4.69, 9.17) is 10.5 Å². The molecule has 1 aromatic rings. The maximum absolute atomic E-state index is 12.5. The summed E-state index contributed by atoms with van der Waals surface area (Å²) >= 11 is 0. The van der Waals surface area contributed by atoms with Crippen LogP contribution in [0.2, 0.25) is 0 Å². The lowest BCUT2D eigenvalue weighted by Crippen LogP contribution is -2.50. The fraction of sp³-hybridized carbons (Fsp3) is 0.720. The first-order valence-corrected chi connectivity index (χ1v) is 11.5. The van der Waals surface area contributed by atoms with Crippen molar-refractivity contribution in [3.8, 4) is 11.5 Å². The van der Waals surface area contributed by atoms with Crippen LogP contribution in [0.5, 0.6) is 11.5 Å². The molecule has 1 aromatic carbocycles. The summed E-state index contributed by atoms with van der Waals surface area (Å²) in [7, 11) is 1.58. The second kappa shape index (κ2) is 11.5. The first kappa shape index (κ1) is 26.1. The summed E-state index contributed by atoms with van der Waals surface area (Å²) in [6.45, 7) is 12.4. The van der Waals surface area contributed by atoms with Gasteiger partial charge in [0, 0.05) is 17.2 Å². The number of benzene rings is 1. The van der Waals surface area contributed by atoms with Gasteiger partial charge >= 0.3 is 6.03 Å². The van der Waals surface area contributed by atoms with Crippen molar-refractivity contribution in [1.82, 2.24) is 0 Å². The molecule has 0 heterocycles. The average molecular weight is 421 g/mol. The topological polar surface area (TPSA) is 75.8 Å².